The minimum atomic E-state index is -1.66. The first kappa shape index (κ1) is 60.6. The van der Waals surface area contributed by atoms with E-state index in [1.165, 1.54) is 148 Å². The van der Waals surface area contributed by atoms with Crippen LogP contribution in [0.2, 0.25) is 0 Å². The van der Waals surface area contributed by atoms with Crippen LogP contribution >= 0.6 is 0 Å². The molecule has 0 bridgehead atoms. The highest BCUT2D eigenvalue weighted by Gasteiger charge is 2.44. The zero-order valence-corrected chi connectivity index (χ0v) is 41.0. The van der Waals surface area contributed by atoms with Gasteiger partial charge in [0.25, 0.3) is 0 Å². The van der Waals surface area contributed by atoms with Gasteiger partial charge in [-0.25, -0.2) is 0 Å². The van der Waals surface area contributed by atoms with Crippen molar-refractivity contribution in [1.29, 1.82) is 0 Å². The minimum Gasteiger partial charge on any atom is -0.394 e. The lowest BCUT2D eigenvalue weighted by atomic mass is 9.98. The summed E-state index contributed by atoms with van der Waals surface area (Å²) in [7, 11) is 0. The number of aliphatic hydroxyl groups is 7. The predicted molar refractivity (Wildman–Crippen MR) is 261 cm³/mol. The SMILES string of the molecule is CCCCCCCCCCC/C=C\C/C=C\CCCCCCCCCCCCCCCCCCC(O)C(=O)NC(COC1OC(CO)C(O)C(O)C1O)C(O)C(O)CCCCCCC. The van der Waals surface area contributed by atoms with Gasteiger partial charge in [-0.2, -0.15) is 0 Å². The van der Waals surface area contributed by atoms with E-state index in [0.717, 1.165) is 51.4 Å². The topological polar surface area (TPSA) is 189 Å². The normalized spacial score (nSPS) is 21.2. The van der Waals surface area contributed by atoms with Crippen LogP contribution in [0.25, 0.3) is 0 Å². The Labute approximate surface area is 391 Å². The molecule has 0 saturated carbocycles. The molecule has 378 valence electrons. The molecule has 0 spiro atoms. The van der Waals surface area contributed by atoms with E-state index in [1.807, 2.05) is 0 Å². The third-order valence-electron chi connectivity index (χ3n) is 13.0. The van der Waals surface area contributed by atoms with Crippen molar-refractivity contribution < 1.29 is 50.0 Å². The Morgan fingerprint density at radius 3 is 1.39 bits per heavy atom. The van der Waals surface area contributed by atoms with Gasteiger partial charge in [-0.05, 0) is 44.9 Å². The molecule has 11 nitrogen and oxygen atoms in total. The zero-order chi connectivity index (χ0) is 46.9. The molecule has 0 radical (unpaired) electrons. The number of carbonyl (C=O) groups excluding carboxylic acids is 1. The van der Waals surface area contributed by atoms with Crippen LogP contribution in [0.1, 0.15) is 239 Å². The Morgan fingerprint density at radius 1 is 0.547 bits per heavy atom. The maximum Gasteiger partial charge on any atom is 0.249 e. The summed E-state index contributed by atoms with van der Waals surface area (Å²) in [6.07, 6.45) is 39.0. The summed E-state index contributed by atoms with van der Waals surface area (Å²) in [5.41, 5.74) is 0. The van der Waals surface area contributed by atoms with Gasteiger partial charge in [0.05, 0.1) is 25.4 Å². The van der Waals surface area contributed by atoms with E-state index < -0.39 is 74.2 Å². The van der Waals surface area contributed by atoms with Crippen LogP contribution in [0.3, 0.4) is 0 Å². The second-order valence-electron chi connectivity index (χ2n) is 19.0. The summed E-state index contributed by atoms with van der Waals surface area (Å²) in [5, 5.41) is 75.2. The third kappa shape index (κ3) is 31.5. The second kappa shape index (κ2) is 42.9. The number of hydrogen-bond donors (Lipinski definition) is 8. The van der Waals surface area contributed by atoms with Gasteiger partial charge in [-0.1, -0.05) is 218 Å². The van der Waals surface area contributed by atoms with Crippen molar-refractivity contribution in [1.82, 2.24) is 5.32 Å². The van der Waals surface area contributed by atoms with Crippen LogP contribution in [-0.2, 0) is 14.3 Å². The van der Waals surface area contributed by atoms with E-state index in [-0.39, 0.29) is 6.42 Å². The molecule has 1 heterocycles. The van der Waals surface area contributed by atoms with Crippen molar-refractivity contribution in [3.63, 3.8) is 0 Å². The Kier molecular flexibility index (Phi) is 40.6. The molecule has 0 aromatic rings. The fraction of sp³-hybridized carbons (Fsp3) is 0.906. The lowest BCUT2D eigenvalue weighted by molar-refractivity contribution is -0.303. The molecule has 9 atom stereocenters. The van der Waals surface area contributed by atoms with Crippen LogP contribution < -0.4 is 5.32 Å². The molecular weight excluding hydrogens is 811 g/mol. The number of nitrogens with one attached hydrogen (secondary N) is 1. The largest absolute Gasteiger partial charge is 0.394 e. The average Bonchev–Trinajstić information content (AvgIpc) is 3.29. The van der Waals surface area contributed by atoms with Gasteiger partial charge in [-0.15, -0.1) is 0 Å². The summed E-state index contributed by atoms with van der Waals surface area (Å²) in [5.74, 6) is -0.701. The van der Waals surface area contributed by atoms with Gasteiger partial charge in [0.15, 0.2) is 6.29 Å². The highest BCUT2D eigenvalue weighted by atomic mass is 16.7. The molecule has 1 saturated heterocycles. The van der Waals surface area contributed by atoms with Crippen molar-refractivity contribution in [2.75, 3.05) is 13.2 Å². The van der Waals surface area contributed by atoms with Crippen molar-refractivity contribution in [2.24, 2.45) is 0 Å². The van der Waals surface area contributed by atoms with E-state index >= 15 is 0 Å². The first-order valence-corrected chi connectivity index (χ1v) is 26.7. The van der Waals surface area contributed by atoms with Crippen molar-refractivity contribution >= 4 is 5.91 Å². The predicted octanol–water partition coefficient (Wildman–Crippen LogP) is 10.2. The smallest absolute Gasteiger partial charge is 0.249 e. The lowest BCUT2D eigenvalue weighted by Gasteiger charge is -2.40. The second-order valence-corrected chi connectivity index (χ2v) is 19.0. The number of carbonyl (C=O) groups is 1. The zero-order valence-electron chi connectivity index (χ0n) is 41.0. The maximum atomic E-state index is 13.0. The summed E-state index contributed by atoms with van der Waals surface area (Å²) >= 11 is 0. The van der Waals surface area contributed by atoms with E-state index in [2.05, 4.69) is 43.5 Å². The summed E-state index contributed by atoms with van der Waals surface area (Å²) in [6.45, 7) is 3.34. The first-order valence-electron chi connectivity index (χ1n) is 26.7. The third-order valence-corrected chi connectivity index (χ3v) is 13.0. The van der Waals surface area contributed by atoms with Crippen molar-refractivity contribution in [3.05, 3.63) is 24.3 Å². The first-order chi connectivity index (χ1) is 31.2. The Hall–Kier alpha value is -1.41. The number of ether oxygens (including phenoxy) is 2. The molecule has 1 amide bonds. The number of rotatable bonds is 45. The van der Waals surface area contributed by atoms with E-state index in [4.69, 9.17) is 9.47 Å². The van der Waals surface area contributed by atoms with Gasteiger partial charge < -0.3 is 50.5 Å². The van der Waals surface area contributed by atoms with Crippen LogP contribution in [-0.4, -0.2) is 110 Å². The number of amides is 1. The van der Waals surface area contributed by atoms with Gasteiger partial charge in [0.2, 0.25) is 5.91 Å². The van der Waals surface area contributed by atoms with Crippen molar-refractivity contribution in [2.45, 2.75) is 294 Å². The molecule has 64 heavy (non-hydrogen) atoms. The lowest BCUT2D eigenvalue weighted by Crippen LogP contribution is -2.60. The van der Waals surface area contributed by atoms with E-state index in [9.17, 15) is 40.5 Å². The number of hydrogen-bond acceptors (Lipinski definition) is 10. The molecule has 9 unspecified atom stereocenters. The monoisotopic (exact) mass is 912 g/mol. The fourth-order valence-corrected chi connectivity index (χ4v) is 8.59. The maximum absolute atomic E-state index is 13.0. The highest BCUT2D eigenvalue weighted by molar-refractivity contribution is 5.80. The molecule has 1 aliphatic rings. The molecular formula is C53H101NO10. The molecule has 1 rings (SSSR count). The van der Waals surface area contributed by atoms with Gasteiger partial charge >= 0.3 is 0 Å². The van der Waals surface area contributed by atoms with Crippen LogP contribution in [0.15, 0.2) is 24.3 Å². The number of unbranched alkanes of at least 4 members (excludes halogenated alkanes) is 29. The molecule has 1 fully saturated rings. The molecule has 11 heteroatoms. The van der Waals surface area contributed by atoms with Crippen LogP contribution in [0.4, 0.5) is 0 Å². The van der Waals surface area contributed by atoms with Crippen LogP contribution in [0.5, 0.6) is 0 Å². The summed E-state index contributed by atoms with van der Waals surface area (Å²) < 4.78 is 11.0. The molecule has 0 aliphatic carbocycles. The Bertz CT molecular complexity index is 1090. The Morgan fingerprint density at radius 2 is 0.953 bits per heavy atom. The quantitative estimate of drug-likeness (QED) is 0.0216. The molecule has 0 aromatic heterocycles. The summed E-state index contributed by atoms with van der Waals surface area (Å²) in [4.78, 5) is 13.0. The minimum absolute atomic E-state index is 0.261. The fourth-order valence-electron chi connectivity index (χ4n) is 8.59. The average molecular weight is 912 g/mol. The summed E-state index contributed by atoms with van der Waals surface area (Å²) in [6, 6.07) is -1.16. The van der Waals surface area contributed by atoms with E-state index in [0.29, 0.717) is 19.3 Å². The van der Waals surface area contributed by atoms with Crippen LogP contribution in [0, 0.1) is 0 Å². The number of aliphatic hydroxyl groups excluding tert-OH is 7. The van der Waals surface area contributed by atoms with Crippen molar-refractivity contribution in [3.8, 4) is 0 Å². The Balaban J connectivity index is 2.10. The van der Waals surface area contributed by atoms with Gasteiger partial charge in [0, 0.05) is 0 Å². The highest BCUT2D eigenvalue weighted by Crippen LogP contribution is 2.23. The number of allylic oxidation sites excluding steroid dienone is 4. The molecule has 0 aromatic carbocycles. The van der Waals surface area contributed by atoms with Gasteiger partial charge in [-0.3, -0.25) is 4.79 Å². The van der Waals surface area contributed by atoms with E-state index in [1.54, 1.807) is 0 Å². The molecule has 1 aliphatic heterocycles. The standard InChI is InChI=1S/C53H101NO10/c1-3-5-7-9-10-11-12-13-14-15-16-17-18-19-20-21-22-23-24-25-26-27-28-29-30-31-32-33-34-35-37-39-41-46(57)52(62)54-44(48(58)45(56)40-38-36-8-6-4-2)43-63-53-51(61)50(60)49(59)47(42-55)64-53/h16-17,19-20,44-51,53,55-61H,3-15,18,21-43H2,1-2H3,(H,54,62)/b17-16-,20-19-. The molecule has 8 N–H and O–H groups in total. The van der Waals surface area contributed by atoms with Gasteiger partial charge in [0.1, 0.15) is 36.6 Å².